The lowest BCUT2D eigenvalue weighted by Crippen LogP contribution is -2.03. The number of rotatable bonds is 4. The molecule has 0 N–H and O–H groups in total. The first-order valence-electron chi connectivity index (χ1n) is 5.64. The summed E-state index contributed by atoms with van der Waals surface area (Å²) in [6.45, 7) is 2.13. The molecule has 0 radical (unpaired) electrons. The minimum absolute atomic E-state index is 0.235. The van der Waals surface area contributed by atoms with Gasteiger partial charge in [-0.15, -0.1) is 0 Å². The Balaban J connectivity index is 2.47. The second-order valence-electron chi connectivity index (χ2n) is 3.89. The van der Waals surface area contributed by atoms with E-state index in [2.05, 4.69) is 28.0 Å². The third kappa shape index (κ3) is 2.57. The van der Waals surface area contributed by atoms with E-state index in [0.717, 1.165) is 35.1 Å². The lowest BCUT2D eigenvalue weighted by atomic mass is 10.2. The van der Waals surface area contributed by atoms with E-state index in [1.165, 1.54) is 12.1 Å². The number of aromatic nitrogens is 2. The Bertz CT molecular complexity index is 508. The summed E-state index contributed by atoms with van der Waals surface area (Å²) in [5.74, 6) is -0.235. The highest BCUT2D eigenvalue weighted by molar-refractivity contribution is 9.08. The summed E-state index contributed by atoms with van der Waals surface area (Å²) in [6.07, 6.45) is 3.82. The second kappa shape index (κ2) is 5.45. The Kier molecular flexibility index (Phi) is 3.94. The summed E-state index contributed by atoms with van der Waals surface area (Å²) in [4.78, 5) is 0. The van der Waals surface area contributed by atoms with Crippen LogP contribution in [0.3, 0.4) is 0 Å². The van der Waals surface area contributed by atoms with Crippen molar-refractivity contribution in [2.24, 2.45) is 0 Å². The van der Waals surface area contributed by atoms with Gasteiger partial charge in [-0.3, -0.25) is 0 Å². The molecular formula is C13H14BrFN2. The standard InChI is InChI=1S/C13H14BrFN2/c1-2-4-13-10(8-14)9-16-17(13)12-6-3-5-11(15)7-12/h3,5-7,9H,2,4,8H2,1H3. The lowest BCUT2D eigenvalue weighted by Gasteiger charge is -2.08. The summed E-state index contributed by atoms with van der Waals surface area (Å²) in [7, 11) is 0. The molecule has 0 aliphatic rings. The van der Waals surface area contributed by atoms with Gasteiger partial charge < -0.3 is 0 Å². The zero-order valence-corrected chi connectivity index (χ0v) is 11.2. The first-order valence-corrected chi connectivity index (χ1v) is 6.76. The van der Waals surface area contributed by atoms with Gasteiger partial charge in [0.2, 0.25) is 0 Å². The highest BCUT2D eigenvalue weighted by Gasteiger charge is 2.10. The summed E-state index contributed by atoms with van der Waals surface area (Å²) in [5, 5.41) is 5.11. The molecule has 4 heteroatoms. The van der Waals surface area contributed by atoms with Crippen LogP contribution in [0.1, 0.15) is 24.6 Å². The van der Waals surface area contributed by atoms with Crippen molar-refractivity contribution >= 4 is 15.9 Å². The predicted octanol–water partition coefficient (Wildman–Crippen LogP) is 3.86. The van der Waals surface area contributed by atoms with Crippen molar-refractivity contribution in [3.8, 4) is 5.69 Å². The summed E-state index contributed by atoms with van der Waals surface area (Å²) < 4.78 is 15.0. The van der Waals surface area contributed by atoms with Crippen LogP contribution in [0.25, 0.3) is 5.69 Å². The van der Waals surface area contributed by atoms with Crippen molar-refractivity contribution < 1.29 is 4.39 Å². The molecule has 2 aromatic rings. The van der Waals surface area contributed by atoms with Crippen LogP contribution in [0.15, 0.2) is 30.5 Å². The number of alkyl halides is 1. The molecule has 2 rings (SSSR count). The monoisotopic (exact) mass is 296 g/mol. The van der Waals surface area contributed by atoms with E-state index in [4.69, 9.17) is 0 Å². The number of halogens is 2. The van der Waals surface area contributed by atoms with E-state index < -0.39 is 0 Å². The van der Waals surface area contributed by atoms with Crippen molar-refractivity contribution in [2.45, 2.75) is 25.1 Å². The van der Waals surface area contributed by atoms with Crippen molar-refractivity contribution in [1.82, 2.24) is 9.78 Å². The van der Waals surface area contributed by atoms with Gasteiger partial charge >= 0.3 is 0 Å². The van der Waals surface area contributed by atoms with Crippen LogP contribution < -0.4 is 0 Å². The fourth-order valence-electron chi connectivity index (χ4n) is 1.85. The maximum Gasteiger partial charge on any atom is 0.125 e. The molecule has 0 atom stereocenters. The number of benzene rings is 1. The van der Waals surface area contributed by atoms with E-state index in [1.807, 2.05) is 16.9 Å². The maximum absolute atomic E-state index is 13.2. The van der Waals surface area contributed by atoms with E-state index in [9.17, 15) is 4.39 Å². The lowest BCUT2D eigenvalue weighted by molar-refractivity contribution is 0.624. The molecule has 0 bridgehead atoms. The van der Waals surface area contributed by atoms with E-state index >= 15 is 0 Å². The fourth-order valence-corrected chi connectivity index (χ4v) is 2.32. The Morgan fingerprint density at radius 3 is 2.88 bits per heavy atom. The SMILES string of the molecule is CCCc1c(CBr)cnn1-c1cccc(F)c1. The molecule has 0 saturated heterocycles. The van der Waals surface area contributed by atoms with Gasteiger partial charge in [-0.25, -0.2) is 9.07 Å². The number of hydrogen-bond acceptors (Lipinski definition) is 1. The fraction of sp³-hybridized carbons (Fsp3) is 0.308. The number of nitrogens with zero attached hydrogens (tertiary/aromatic N) is 2. The van der Waals surface area contributed by atoms with Gasteiger partial charge in [0.05, 0.1) is 11.9 Å². The smallest absolute Gasteiger partial charge is 0.125 e. The molecule has 17 heavy (non-hydrogen) atoms. The third-order valence-corrected chi connectivity index (χ3v) is 3.24. The molecule has 0 amide bonds. The van der Waals surface area contributed by atoms with Gasteiger partial charge in [0.1, 0.15) is 5.82 Å². The molecule has 0 aliphatic heterocycles. The molecule has 1 aromatic heterocycles. The largest absolute Gasteiger partial charge is 0.237 e. The van der Waals surface area contributed by atoms with Gasteiger partial charge in [0.25, 0.3) is 0 Å². The Morgan fingerprint density at radius 2 is 2.24 bits per heavy atom. The third-order valence-electron chi connectivity index (χ3n) is 2.64. The van der Waals surface area contributed by atoms with Crippen LogP contribution in [0, 0.1) is 5.82 Å². The second-order valence-corrected chi connectivity index (χ2v) is 4.45. The molecule has 0 unspecified atom stereocenters. The highest BCUT2D eigenvalue weighted by atomic mass is 79.9. The van der Waals surface area contributed by atoms with E-state index in [1.54, 1.807) is 6.07 Å². The van der Waals surface area contributed by atoms with Crippen LogP contribution in [0.4, 0.5) is 4.39 Å². The molecular weight excluding hydrogens is 283 g/mol. The maximum atomic E-state index is 13.2. The van der Waals surface area contributed by atoms with Gasteiger partial charge in [0.15, 0.2) is 0 Å². The van der Waals surface area contributed by atoms with Gasteiger partial charge in [-0.05, 0) is 24.6 Å². The number of hydrogen-bond donors (Lipinski definition) is 0. The van der Waals surface area contributed by atoms with Crippen LogP contribution in [0.2, 0.25) is 0 Å². The van der Waals surface area contributed by atoms with Gasteiger partial charge in [0, 0.05) is 16.6 Å². The highest BCUT2D eigenvalue weighted by Crippen LogP contribution is 2.19. The molecule has 1 heterocycles. The summed E-state index contributed by atoms with van der Waals surface area (Å²) in [6, 6.07) is 6.52. The Morgan fingerprint density at radius 1 is 1.41 bits per heavy atom. The van der Waals surface area contributed by atoms with Gasteiger partial charge in [-0.1, -0.05) is 35.3 Å². The molecule has 0 spiro atoms. The topological polar surface area (TPSA) is 17.8 Å². The van der Waals surface area contributed by atoms with E-state index in [0.29, 0.717) is 0 Å². The Hall–Kier alpha value is -1.16. The molecule has 0 aliphatic carbocycles. The van der Waals surface area contributed by atoms with Crippen LogP contribution >= 0.6 is 15.9 Å². The normalized spacial score (nSPS) is 10.8. The molecule has 2 nitrogen and oxygen atoms in total. The summed E-state index contributed by atoms with van der Waals surface area (Å²) >= 11 is 3.45. The van der Waals surface area contributed by atoms with Crippen LogP contribution in [-0.4, -0.2) is 9.78 Å². The molecule has 0 fully saturated rings. The van der Waals surface area contributed by atoms with Crippen molar-refractivity contribution in [3.05, 3.63) is 47.5 Å². The molecule has 1 aromatic carbocycles. The zero-order valence-electron chi connectivity index (χ0n) is 9.66. The van der Waals surface area contributed by atoms with Gasteiger partial charge in [-0.2, -0.15) is 5.10 Å². The van der Waals surface area contributed by atoms with E-state index in [-0.39, 0.29) is 5.82 Å². The summed E-state index contributed by atoms with van der Waals surface area (Å²) in [5.41, 5.74) is 3.09. The quantitative estimate of drug-likeness (QED) is 0.784. The van der Waals surface area contributed by atoms with Crippen LogP contribution in [0.5, 0.6) is 0 Å². The minimum atomic E-state index is -0.235. The molecule has 0 saturated carbocycles. The average molecular weight is 297 g/mol. The average Bonchev–Trinajstić information content (AvgIpc) is 2.72. The Labute approximate surface area is 109 Å². The first kappa shape index (κ1) is 12.3. The molecule has 90 valence electrons. The van der Waals surface area contributed by atoms with Crippen molar-refractivity contribution in [3.63, 3.8) is 0 Å². The first-order chi connectivity index (χ1) is 8.26. The minimum Gasteiger partial charge on any atom is -0.237 e. The van der Waals surface area contributed by atoms with Crippen molar-refractivity contribution in [2.75, 3.05) is 0 Å². The van der Waals surface area contributed by atoms with Crippen molar-refractivity contribution in [1.29, 1.82) is 0 Å². The zero-order chi connectivity index (χ0) is 12.3. The van der Waals surface area contributed by atoms with Crippen LogP contribution in [-0.2, 0) is 11.8 Å². The predicted molar refractivity (Wildman–Crippen MR) is 70.1 cm³/mol.